The second kappa shape index (κ2) is 8.41. The number of ether oxygens (including phenoxy) is 2. The van der Waals surface area contributed by atoms with Crippen LogP contribution in [0.3, 0.4) is 0 Å². The van der Waals surface area contributed by atoms with Crippen LogP contribution in [0.15, 0.2) is 18.2 Å². The molecule has 6 nitrogen and oxygen atoms in total. The highest BCUT2D eigenvalue weighted by Gasteiger charge is 2.26. The first-order chi connectivity index (χ1) is 10.8. The van der Waals surface area contributed by atoms with Crippen LogP contribution in [0.5, 0.6) is 11.5 Å². The van der Waals surface area contributed by atoms with Gasteiger partial charge in [-0.3, -0.25) is 9.59 Å². The maximum absolute atomic E-state index is 12.6. The molecule has 1 atom stereocenters. The van der Waals surface area contributed by atoms with Gasteiger partial charge in [0.25, 0.3) is 0 Å². The predicted octanol–water partition coefficient (Wildman–Crippen LogP) is 1.82. The number of carbonyl (C=O) groups is 2. The zero-order chi connectivity index (χ0) is 17.6. The summed E-state index contributed by atoms with van der Waals surface area (Å²) in [6, 6.07) is 4.93. The molecular formula is C17H26N2O4. The first-order valence-electron chi connectivity index (χ1n) is 7.53. The first-order valence-corrected chi connectivity index (χ1v) is 7.53. The van der Waals surface area contributed by atoms with Gasteiger partial charge in [0.2, 0.25) is 11.8 Å². The molecule has 0 saturated carbocycles. The van der Waals surface area contributed by atoms with Crippen LogP contribution in [0.25, 0.3) is 0 Å². The van der Waals surface area contributed by atoms with Gasteiger partial charge in [-0.05, 0) is 18.1 Å². The third-order valence-corrected chi connectivity index (χ3v) is 3.57. The predicted molar refractivity (Wildman–Crippen MR) is 88.5 cm³/mol. The molecule has 0 bridgehead atoms. The molecule has 6 heteroatoms. The van der Waals surface area contributed by atoms with E-state index in [9.17, 15) is 9.59 Å². The summed E-state index contributed by atoms with van der Waals surface area (Å²) in [5, 5.41) is 2.71. The lowest BCUT2D eigenvalue weighted by Gasteiger charge is -2.27. The highest BCUT2D eigenvalue weighted by atomic mass is 16.5. The molecular weight excluding hydrogens is 296 g/mol. The summed E-state index contributed by atoms with van der Waals surface area (Å²) >= 11 is 0. The van der Waals surface area contributed by atoms with Gasteiger partial charge < -0.3 is 19.7 Å². The van der Waals surface area contributed by atoms with Crippen molar-refractivity contribution in [3.8, 4) is 11.5 Å². The molecule has 0 aliphatic heterocycles. The number of carbonyl (C=O) groups excluding carboxylic acids is 2. The molecule has 0 saturated heterocycles. The Morgan fingerprint density at radius 1 is 1.22 bits per heavy atom. The van der Waals surface area contributed by atoms with Gasteiger partial charge in [-0.1, -0.05) is 13.8 Å². The van der Waals surface area contributed by atoms with Gasteiger partial charge in [0.1, 0.15) is 17.5 Å². The number of nitrogens with zero attached hydrogens (tertiary/aromatic N) is 1. The Bertz CT molecular complexity index is 558. The molecule has 0 aromatic heterocycles. The summed E-state index contributed by atoms with van der Waals surface area (Å²) in [5.74, 6) is 1.01. The number of benzene rings is 1. The van der Waals surface area contributed by atoms with Crippen molar-refractivity contribution in [2.45, 2.75) is 33.4 Å². The van der Waals surface area contributed by atoms with Crippen LogP contribution in [-0.2, 0) is 16.1 Å². The lowest BCUT2D eigenvalue weighted by Crippen LogP contribution is -2.49. The monoisotopic (exact) mass is 322 g/mol. The topological polar surface area (TPSA) is 67.9 Å². The molecule has 0 heterocycles. The zero-order valence-corrected chi connectivity index (χ0v) is 14.7. The molecule has 1 rings (SSSR count). The minimum atomic E-state index is -0.540. The molecule has 1 N–H and O–H groups in total. The van der Waals surface area contributed by atoms with Crippen molar-refractivity contribution < 1.29 is 19.1 Å². The minimum Gasteiger partial charge on any atom is -0.497 e. The normalized spacial score (nSPS) is 11.8. The van der Waals surface area contributed by atoms with Crippen molar-refractivity contribution in [3.05, 3.63) is 23.8 Å². The number of hydrogen-bond acceptors (Lipinski definition) is 4. The lowest BCUT2D eigenvalue weighted by atomic mass is 10.0. The Morgan fingerprint density at radius 3 is 2.35 bits per heavy atom. The summed E-state index contributed by atoms with van der Waals surface area (Å²) in [6.45, 7) is 5.60. The highest BCUT2D eigenvalue weighted by Crippen LogP contribution is 2.25. The number of hydrogen-bond donors (Lipinski definition) is 1. The van der Waals surface area contributed by atoms with E-state index in [0.29, 0.717) is 18.0 Å². The Labute approximate surface area is 137 Å². The molecule has 0 aliphatic carbocycles. The molecule has 2 amide bonds. The van der Waals surface area contributed by atoms with Crippen LogP contribution in [0.2, 0.25) is 0 Å². The molecule has 23 heavy (non-hydrogen) atoms. The zero-order valence-electron chi connectivity index (χ0n) is 14.7. The number of likely N-dealkylation sites (N-methyl/N-ethyl adjacent to an activating group) is 1. The molecule has 128 valence electrons. The number of amides is 2. The van der Waals surface area contributed by atoms with Crippen molar-refractivity contribution in [2.75, 3.05) is 21.3 Å². The SMILES string of the molecule is COc1ccc(CN(C)C(=O)C(NC(C)=O)C(C)C)c(OC)c1. The van der Waals surface area contributed by atoms with Crippen molar-refractivity contribution >= 4 is 11.8 Å². The Hall–Kier alpha value is -2.24. The number of rotatable bonds is 7. The Balaban J connectivity index is 2.91. The second-order valence-corrected chi connectivity index (χ2v) is 5.79. The van der Waals surface area contributed by atoms with Gasteiger partial charge in [0.05, 0.1) is 14.2 Å². The van der Waals surface area contributed by atoms with E-state index in [4.69, 9.17) is 9.47 Å². The van der Waals surface area contributed by atoms with E-state index in [-0.39, 0.29) is 17.7 Å². The van der Waals surface area contributed by atoms with E-state index in [0.717, 1.165) is 5.56 Å². The molecule has 1 aromatic rings. The smallest absolute Gasteiger partial charge is 0.245 e. The molecule has 0 radical (unpaired) electrons. The van der Waals surface area contributed by atoms with Crippen molar-refractivity contribution in [1.82, 2.24) is 10.2 Å². The van der Waals surface area contributed by atoms with Gasteiger partial charge >= 0.3 is 0 Å². The highest BCUT2D eigenvalue weighted by molar-refractivity contribution is 5.87. The Kier molecular flexibility index (Phi) is 6.88. The van der Waals surface area contributed by atoms with Gasteiger partial charge in [-0.2, -0.15) is 0 Å². The van der Waals surface area contributed by atoms with Crippen molar-refractivity contribution in [3.63, 3.8) is 0 Å². The van der Waals surface area contributed by atoms with Crippen LogP contribution < -0.4 is 14.8 Å². The minimum absolute atomic E-state index is 0.00612. The van der Waals surface area contributed by atoms with E-state index in [1.54, 1.807) is 32.2 Å². The lowest BCUT2D eigenvalue weighted by molar-refractivity contribution is -0.136. The molecule has 1 aromatic carbocycles. The molecule has 0 aliphatic rings. The van der Waals surface area contributed by atoms with Crippen LogP contribution in [-0.4, -0.2) is 44.0 Å². The number of methoxy groups -OCH3 is 2. The summed E-state index contributed by atoms with van der Waals surface area (Å²) in [5.41, 5.74) is 0.870. The van der Waals surface area contributed by atoms with Crippen molar-refractivity contribution in [2.24, 2.45) is 5.92 Å². The standard InChI is InChI=1S/C17H26N2O4/c1-11(2)16(18-12(3)20)17(21)19(4)10-13-7-8-14(22-5)9-15(13)23-6/h7-9,11,16H,10H2,1-6H3,(H,18,20). The summed E-state index contributed by atoms with van der Waals surface area (Å²) < 4.78 is 10.5. The Morgan fingerprint density at radius 2 is 1.87 bits per heavy atom. The first kappa shape index (κ1) is 18.8. The van der Waals surface area contributed by atoms with Crippen LogP contribution >= 0.6 is 0 Å². The fraction of sp³-hybridized carbons (Fsp3) is 0.529. The van der Waals surface area contributed by atoms with Gasteiger partial charge in [0.15, 0.2) is 0 Å². The third kappa shape index (κ3) is 5.16. The maximum Gasteiger partial charge on any atom is 0.245 e. The van der Waals surface area contributed by atoms with Crippen LogP contribution in [0.4, 0.5) is 0 Å². The maximum atomic E-state index is 12.6. The quantitative estimate of drug-likeness (QED) is 0.831. The average Bonchev–Trinajstić information content (AvgIpc) is 2.51. The number of nitrogens with one attached hydrogen (secondary N) is 1. The molecule has 0 fully saturated rings. The van der Waals surface area contributed by atoms with E-state index < -0.39 is 6.04 Å². The van der Waals surface area contributed by atoms with Crippen LogP contribution in [0.1, 0.15) is 26.3 Å². The van der Waals surface area contributed by atoms with Crippen molar-refractivity contribution in [1.29, 1.82) is 0 Å². The summed E-state index contributed by atoms with van der Waals surface area (Å²) in [6.07, 6.45) is 0. The van der Waals surface area contributed by atoms with Gasteiger partial charge in [0, 0.05) is 32.1 Å². The van der Waals surface area contributed by atoms with E-state index >= 15 is 0 Å². The van der Waals surface area contributed by atoms with Gasteiger partial charge in [-0.15, -0.1) is 0 Å². The van der Waals surface area contributed by atoms with Gasteiger partial charge in [-0.25, -0.2) is 0 Å². The third-order valence-electron chi connectivity index (χ3n) is 3.57. The van der Waals surface area contributed by atoms with Crippen LogP contribution in [0, 0.1) is 5.92 Å². The van der Waals surface area contributed by atoms with E-state index in [2.05, 4.69) is 5.32 Å². The summed E-state index contributed by atoms with van der Waals surface area (Å²) in [4.78, 5) is 25.5. The fourth-order valence-electron chi connectivity index (χ4n) is 2.29. The molecule has 0 spiro atoms. The molecule has 1 unspecified atom stereocenters. The van der Waals surface area contributed by atoms with E-state index in [1.807, 2.05) is 26.0 Å². The summed E-state index contributed by atoms with van der Waals surface area (Å²) in [7, 11) is 4.88. The van der Waals surface area contributed by atoms with E-state index in [1.165, 1.54) is 6.92 Å². The largest absolute Gasteiger partial charge is 0.497 e. The fourth-order valence-corrected chi connectivity index (χ4v) is 2.29. The second-order valence-electron chi connectivity index (χ2n) is 5.79. The average molecular weight is 322 g/mol.